The molecule has 0 aromatic heterocycles. The van der Waals surface area contributed by atoms with Gasteiger partial charge < -0.3 is 28.4 Å². The van der Waals surface area contributed by atoms with Gasteiger partial charge in [0.1, 0.15) is 37.9 Å². The number of hydrogen-bond donors (Lipinski definition) is 0. The molecular weight excluding hydrogens is 544 g/mol. The molecular formula is C32H42O10. The summed E-state index contributed by atoms with van der Waals surface area (Å²) in [5.74, 6) is -0.0216. The molecule has 0 saturated heterocycles. The van der Waals surface area contributed by atoms with Crippen LogP contribution in [-0.4, -0.2) is 37.1 Å². The van der Waals surface area contributed by atoms with E-state index in [1.165, 1.54) is 6.92 Å². The van der Waals surface area contributed by atoms with E-state index < -0.39 is 5.97 Å². The van der Waals surface area contributed by atoms with E-state index >= 15 is 0 Å². The maximum absolute atomic E-state index is 11.6. The van der Waals surface area contributed by atoms with E-state index in [1.807, 2.05) is 19.1 Å². The smallest absolute Gasteiger partial charge is 0.305 e. The number of benzene rings is 2. The summed E-state index contributed by atoms with van der Waals surface area (Å²) in [6.45, 7) is 9.73. The summed E-state index contributed by atoms with van der Waals surface area (Å²) in [6, 6.07) is 10.8. The molecule has 0 aliphatic rings. The fraction of sp³-hybridized carbons (Fsp3) is 0.500. The highest BCUT2D eigenvalue weighted by Crippen LogP contribution is 2.22. The van der Waals surface area contributed by atoms with Crippen LogP contribution in [0.1, 0.15) is 82.6 Å². The molecule has 2 aromatic rings. The Bertz CT molecular complexity index is 1150. The third kappa shape index (κ3) is 13.5. The zero-order valence-electron chi connectivity index (χ0n) is 25.2. The van der Waals surface area contributed by atoms with Crippen molar-refractivity contribution in [3.8, 4) is 11.5 Å². The van der Waals surface area contributed by atoms with Crippen LogP contribution in [-0.2, 0) is 64.6 Å². The molecule has 2 aromatic carbocycles. The van der Waals surface area contributed by atoms with Crippen LogP contribution in [0.3, 0.4) is 0 Å². The number of carbonyl (C=O) groups excluding carboxylic acids is 4. The van der Waals surface area contributed by atoms with Gasteiger partial charge in [0.05, 0.1) is 13.2 Å². The Kier molecular flexibility index (Phi) is 14.9. The minimum absolute atomic E-state index is 0.0852. The first-order chi connectivity index (χ1) is 20.1. The van der Waals surface area contributed by atoms with E-state index in [9.17, 15) is 19.2 Å². The molecule has 2 rings (SSSR count). The minimum Gasteiger partial charge on any atom is -0.494 e. The van der Waals surface area contributed by atoms with E-state index in [-0.39, 0.29) is 69.5 Å². The van der Waals surface area contributed by atoms with Crippen molar-refractivity contribution in [3.63, 3.8) is 0 Å². The van der Waals surface area contributed by atoms with Crippen LogP contribution in [0, 0.1) is 5.92 Å². The molecule has 0 bridgehead atoms. The standard InChI is InChI=1S/C32H42O10/c1-6-30(34)40-19-25-11-24(18-38-23(5)33)13-28(14-25)37-10-9-22(4)17-39-29-15-26(20-41-31(35)7-2)12-27(16-29)21-42-32(36)8-3/h11-16,22H,6-10,17-21H2,1-5H3. The fourth-order valence-corrected chi connectivity index (χ4v) is 3.64. The number of rotatable bonds is 18. The minimum atomic E-state index is -0.393. The second kappa shape index (κ2) is 18.4. The summed E-state index contributed by atoms with van der Waals surface area (Å²) in [4.78, 5) is 46.1. The van der Waals surface area contributed by atoms with Crippen LogP contribution in [0.15, 0.2) is 36.4 Å². The molecule has 0 N–H and O–H groups in total. The molecule has 0 radical (unpaired) electrons. The van der Waals surface area contributed by atoms with Gasteiger partial charge in [-0.05, 0) is 71.0 Å². The van der Waals surface area contributed by atoms with Gasteiger partial charge >= 0.3 is 23.9 Å². The van der Waals surface area contributed by atoms with Crippen molar-refractivity contribution in [2.24, 2.45) is 5.92 Å². The van der Waals surface area contributed by atoms with Gasteiger partial charge in [-0.15, -0.1) is 0 Å². The maximum atomic E-state index is 11.6. The molecule has 0 spiro atoms. The number of carbonyl (C=O) groups is 4. The average Bonchev–Trinajstić information content (AvgIpc) is 2.99. The van der Waals surface area contributed by atoms with E-state index in [1.54, 1.807) is 45.0 Å². The zero-order chi connectivity index (χ0) is 30.9. The summed E-state index contributed by atoms with van der Waals surface area (Å²) >= 11 is 0. The molecule has 1 unspecified atom stereocenters. The first kappa shape index (κ1) is 34.1. The molecule has 10 heteroatoms. The van der Waals surface area contributed by atoms with Crippen LogP contribution < -0.4 is 9.47 Å². The normalized spacial score (nSPS) is 11.3. The highest BCUT2D eigenvalue weighted by Gasteiger charge is 2.11. The summed E-state index contributed by atoms with van der Waals surface area (Å²) in [5.41, 5.74) is 2.94. The van der Waals surface area contributed by atoms with Crippen molar-refractivity contribution < 1.29 is 47.6 Å². The van der Waals surface area contributed by atoms with E-state index in [4.69, 9.17) is 28.4 Å². The van der Waals surface area contributed by atoms with E-state index in [0.717, 1.165) is 22.3 Å². The zero-order valence-corrected chi connectivity index (χ0v) is 25.2. The summed E-state index contributed by atoms with van der Waals surface area (Å²) < 4.78 is 32.9. The van der Waals surface area contributed by atoms with Crippen molar-refractivity contribution in [1.82, 2.24) is 0 Å². The molecule has 1 atom stereocenters. The molecule has 230 valence electrons. The lowest BCUT2D eigenvalue weighted by atomic mass is 10.1. The predicted octanol–water partition coefficient (Wildman–Crippen LogP) is 5.59. The second-order valence-electron chi connectivity index (χ2n) is 9.85. The van der Waals surface area contributed by atoms with E-state index in [2.05, 4.69) is 0 Å². The van der Waals surface area contributed by atoms with Crippen molar-refractivity contribution in [2.45, 2.75) is 86.7 Å². The Morgan fingerprint density at radius 1 is 0.595 bits per heavy atom. The van der Waals surface area contributed by atoms with Gasteiger partial charge in [-0.25, -0.2) is 0 Å². The molecule has 0 amide bonds. The molecule has 0 saturated carbocycles. The Morgan fingerprint density at radius 3 is 1.36 bits per heavy atom. The molecule has 42 heavy (non-hydrogen) atoms. The van der Waals surface area contributed by atoms with Crippen molar-refractivity contribution in [3.05, 3.63) is 58.7 Å². The van der Waals surface area contributed by atoms with Gasteiger partial charge in [0.25, 0.3) is 0 Å². The van der Waals surface area contributed by atoms with Crippen molar-refractivity contribution >= 4 is 23.9 Å². The van der Waals surface area contributed by atoms with Crippen LogP contribution in [0.25, 0.3) is 0 Å². The lowest BCUT2D eigenvalue weighted by molar-refractivity contribution is -0.145. The second-order valence-corrected chi connectivity index (χ2v) is 9.85. The first-order valence-corrected chi connectivity index (χ1v) is 14.2. The lowest BCUT2D eigenvalue weighted by Crippen LogP contribution is -2.13. The fourth-order valence-electron chi connectivity index (χ4n) is 3.64. The average molecular weight is 587 g/mol. The summed E-state index contributed by atoms with van der Waals surface area (Å²) in [5, 5.41) is 0. The Balaban J connectivity index is 1.98. The quantitative estimate of drug-likeness (QED) is 0.161. The number of ether oxygens (including phenoxy) is 6. The monoisotopic (exact) mass is 586 g/mol. The van der Waals surface area contributed by atoms with Gasteiger partial charge in [0.2, 0.25) is 0 Å². The number of esters is 4. The van der Waals surface area contributed by atoms with Crippen LogP contribution in [0.5, 0.6) is 11.5 Å². The van der Waals surface area contributed by atoms with Gasteiger partial charge in [-0.3, -0.25) is 19.2 Å². The van der Waals surface area contributed by atoms with Gasteiger partial charge in [0.15, 0.2) is 0 Å². The van der Waals surface area contributed by atoms with Crippen LogP contribution in [0.4, 0.5) is 0 Å². The predicted molar refractivity (Wildman–Crippen MR) is 153 cm³/mol. The SMILES string of the molecule is CCC(=O)OCc1cc(COC(C)=O)cc(OCCC(C)COc2cc(COC(=O)CC)cc(COC(=O)CC)c2)c1. The molecule has 0 aliphatic heterocycles. The Hall–Kier alpha value is -4.08. The maximum Gasteiger partial charge on any atom is 0.305 e. The van der Waals surface area contributed by atoms with Crippen molar-refractivity contribution in [2.75, 3.05) is 13.2 Å². The molecule has 0 fully saturated rings. The lowest BCUT2D eigenvalue weighted by Gasteiger charge is -2.16. The van der Waals surface area contributed by atoms with Gasteiger partial charge in [-0.2, -0.15) is 0 Å². The largest absolute Gasteiger partial charge is 0.494 e. The van der Waals surface area contributed by atoms with Crippen LogP contribution >= 0.6 is 0 Å². The third-order valence-corrected chi connectivity index (χ3v) is 5.97. The Morgan fingerprint density at radius 2 is 0.976 bits per heavy atom. The first-order valence-electron chi connectivity index (χ1n) is 14.2. The number of hydrogen-bond acceptors (Lipinski definition) is 10. The molecule has 0 aliphatic carbocycles. The van der Waals surface area contributed by atoms with E-state index in [0.29, 0.717) is 31.1 Å². The highest BCUT2D eigenvalue weighted by molar-refractivity contribution is 5.69. The Labute approximate surface area is 247 Å². The topological polar surface area (TPSA) is 124 Å². The summed E-state index contributed by atoms with van der Waals surface area (Å²) in [7, 11) is 0. The third-order valence-electron chi connectivity index (χ3n) is 5.97. The highest BCUT2D eigenvalue weighted by atomic mass is 16.5. The summed E-state index contributed by atoms with van der Waals surface area (Å²) in [6.07, 6.45) is 1.52. The molecule has 0 heterocycles. The molecule has 10 nitrogen and oxygen atoms in total. The van der Waals surface area contributed by atoms with Gasteiger partial charge in [-0.1, -0.05) is 27.7 Å². The van der Waals surface area contributed by atoms with Gasteiger partial charge in [0, 0.05) is 26.2 Å². The van der Waals surface area contributed by atoms with Crippen LogP contribution in [0.2, 0.25) is 0 Å². The van der Waals surface area contributed by atoms with Crippen molar-refractivity contribution in [1.29, 1.82) is 0 Å².